The zero-order valence-electron chi connectivity index (χ0n) is 29.5. The molecule has 0 N–H and O–H groups in total. The Balaban J connectivity index is 0.00000529. The maximum Gasteiger partial charge on any atom is 4.00 e. The molecular weight excluding hydrogens is 711 g/mol. The van der Waals surface area contributed by atoms with Crippen molar-refractivity contribution in [3.05, 3.63) is 75.3 Å². The molecule has 0 aliphatic carbocycles. The van der Waals surface area contributed by atoms with E-state index in [0.717, 1.165) is 33.9 Å². The van der Waals surface area contributed by atoms with Gasteiger partial charge in [0.25, 0.3) is 0 Å². The standard InChI is InChI=1S/C36H45O6Si.3ClH.Ti/c1-20-21(2)23(4)36(22(20)3)43(30-17-14-27(37-8)33(40-11)24(30)5,31-18-15-28(38-9)34(41-12)25(31)6)32-19-16-29(39-10)35(42-13)26(32)7;;;;/h14-19H,1-13H3;3*1H;/q-1;;;;+4/p-3. The van der Waals surface area contributed by atoms with Gasteiger partial charge in [-0.25, -0.2) is 0 Å². The predicted octanol–water partition coefficient (Wildman–Crippen LogP) is -4.00. The van der Waals surface area contributed by atoms with Crippen LogP contribution in [-0.2, 0) is 21.7 Å². The van der Waals surface area contributed by atoms with Crippen LogP contribution in [-0.4, -0.2) is 50.7 Å². The molecule has 0 saturated carbocycles. The van der Waals surface area contributed by atoms with Gasteiger partial charge < -0.3 is 65.6 Å². The average molecular weight is 756 g/mol. The molecule has 0 saturated heterocycles. The molecule has 0 aliphatic rings. The van der Waals surface area contributed by atoms with Crippen molar-refractivity contribution in [2.45, 2.75) is 48.5 Å². The predicted molar refractivity (Wildman–Crippen MR) is 178 cm³/mol. The molecule has 0 spiro atoms. The minimum atomic E-state index is -3.19. The molecule has 4 aromatic rings. The van der Waals surface area contributed by atoms with Crippen LogP contribution in [0.15, 0.2) is 36.4 Å². The first-order valence-electron chi connectivity index (χ1n) is 14.4. The van der Waals surface area contributed by atoms with E-state index in [1.807, 2.05) is 18.2 Å². The van der Waals surface area contributed by atoms with Gasteiger partial charge in [0, 0.05) is 0 Å². The Bertz CT molecular complexity index is 1510. The van der Waals surface area contributed by atoms with E-state index in [1.165, 1.54) is 43.0 Å². The first-order valence-corrected chi connectivity index (χ1v) is 16.4. The van der Waals surface area contributed by atoms with Crippen LogP contribution in [0.25, 0.3) is 0 Å². The quantitative estimate of drug-likeness (QED) is 0.0937. The molecular formula is C36H45Cl3O6SiTi. The molecule has 0 fully saturated rings. The van der Waals surface area contributed by atoms with Gasteiger partial charge in [-0.2, -0.15) is 22.3 Å². The van der Waals surface area contributed by atoms with Crippen molar-refractivity contribution in [1.29, 1.82) is 0 Å². The normalized spacial score (nSPS) is 10.4. The fraction of sp³-hybridized carbons (Fsp3) is 0.361. The van der Waals surface area contributed by atoms with Crippen molar-refractivity contribution in [2.75, 3.05) is 42.7 Å². The molecule has 47 heavy (non-hydrogen) atoms. The molecule has 0 aliphatic heterocycles. The van der Waals surface area contributed by atoms with Gasteiger partial charge in [0.05, 0.1) is 42.7 Å². The molecule has 11 heteroatoms. The van der Waals surface area contributed by atoms with Crippen molar-refractivity contribution >= 4 is 28.8 Å². The van der Waals surface area contributed by atoms with Crippen LogP contribution in [0, 0.1) is 48.5 Å². The van der Waals surface area contributed by atoms with E-state index >= 15 is 0 Å². The van der Waals surface area contributed by atoms with Gasteiger partial charge in [-0.05, 0) is 71.2 Å². The van der Waals surface area contributed by atoms with Crippen LogP contribution in [0.3, 0.4) is 0 Å². The maximum absolute atomic E-state index is 6.03. The Morgan fingerprint density at radius 3 is 0.872 bits per heavy atom. The SMILES string of the molecule is COc1ccc([Si](c2ccc(OC)c(OC)c2C)(c2ccc(OC)c(OC)c2C)[c-]2c(C)c(C)c(C)c2C)c(C)c1OC.[Cl-].[Cl-].[Cl-].[Ti+4]. The summed E-state index contributed by atoms with van der Waals surface area (Å²) in [6.07, 6.45) is 0. The second-order valence-electron chi connectivity index (χ2n) is 11.0. The van der Waals surface area contributed by atoms with E-state index in [-0.39, 0.29) is 58.9 Å². The van der Waals surface area contributed by atoms with Crippen LogP contribution in [0.4, 0.5) is 0 Å². The third kappa shape index (κ3) is 6.90. The van der Waals surface area contributed by atoms with Crippen LogP contribution in [0.1, 0.15) is 38.9 Å². The van der Waals surface area contributed by atoms with Crippen LogP contribution in [0.5, 0.6) is 34.5 Å². The number of halogens is 3. The fourth-order valence-corrected chi connectivity index (χ4v) is 13.3. The summed E-state index contributed by atoms with van der Waals surface area (Å²) in [6, 6.07) is 12.8. The van der Waals surface area contributed by atoms with E-state index in [0.29, 0.717) is 17.2 Å². The zero-order valence-corrected chi connectivity index (χ0v) is 34.4. The third-order valence-electron chi connectivity index (χ3n) is 9.41. The molecule has 0 atom stereocenters. The Morgan fingerprint density at radius 1 is 0.404 bits per heavy atom. The van der Waals surface area contributed by atoms with E-state index in [4.69, 9.17) is 28.4 Å². The number of rotatable bonds is 10. The number of ether oxygens (including phenoxy) is 6. The second-order valence-corrected chi connectivity index (χ2v) is 14.7. The van der Waals surface area contributed by atoms with Crippen molar-refractivity contribution < 1.29 is 87.4 Å². The van der Waals surface area contributed by atoms with Gasteiger partial charge in [0.2, 0.25) is 0 Å². The van der Waals surface area contributed by atoms with Crippen molar-refractivity contribution in [2.24, 2.45) is 0 Å². The summed E-state index contributed by atoms with van der Waals surface area (Å²) in [5.41, 5.74) is 8.29. The maximum atomic E-state index is 6.03. The van der Waals surface area contributed by atoms with E-state index in [9.17, 15) is 0 Å². The first kappa shape index (κ1) is 44.6. The Hall–Kier alpha value is -2.39. The molecule has 4 rings (SSSR count). The van der Waals surface area contributed by atoms with E-state index in [1.54, 1.807) is 42.7 Å². The van der Waals surface area contributed by atoms with Gasteiger partial charge in [0.1, 0.15) is 8.07 Å². The number of benzene rings is 3. The molecule has 4 aromatic carbocycles. The third-order valence-corrected chi connectivity index (χ3v) is 15.0. The largest absolute Gasteiger partial charge is 4.00 e. The first-order chi connectivity index (χ1) is 20.5. The van der Waals surface area contributed by atoms with Crippen molar-refractivity contribution in [3.63, 3.8) is 0 Å². The minimum Gasteiger partial charge on any atom is -1.00 e. The van der Waals surface area contributed by atoms with Crippen molar-refractivity contribution in [3.8, 4) is 34.5 Å². The molecule has 0 radical (unpaired) electrons. The summed E-state index contributed by atoms with van der Waals surface area (Å²) in [5.74, 6) is 4.27. The van der Waals surface area contributed by atoms with Crippen LogP contribution >= 0.6 is 0 Å². The Labute approximate surface area is 315 Å². The summed E-state index contributed by atoms with van der Waals surface area (Å²) >= 11 is 0. The Morgan fingerprint density at radius 2 is 0.660 bits per heavy atom. The smallest absolute Gasteiger partial charge is 1.00 e. The number of hydrogen-bond acceptors (Lipinski definition) is 6. The van der Waals surface area contributed by atoms with Gasteiger partial charge in [-0.3, -0.25) is 0 Å². The fourth-order valence-electron chi connectivity index (χ4n) is 7.08. The van der Waals surface area contributed by atoms with E-state index in [2.05, 4.69) is 66.7 Å². The minimum absolute atomic E-state index is 0. The van der Waals surface area contributed by atoms with Gasteiger partial charge in [-0.1, -0.05) is 45.9 Å². The van der Waals surface area contributed by atoms with E-state index < -0.39 is 8.07 Å². The Kier molecular flexibility index (Phi) is 16.9. The summed E-state index contributed by atoms with van der Waals surface area (Å²) in [4.78, 5) is 0. The second kappa shape index (κ2) is 17.8. The summed E-state index contributed by atoms with van der Waals surface area (Å²) in [5, 5.41) is 4.95. The van der Waals surface area contributed by atoms with Gasteiger partial charge in [-0.15, -0.1) is 5.19 Å². The molecule has 0 bridgehead atoms. The summed E-state index contributed by atoms with van der Waals surface area (Å²) < 4.78 is 35.4. The van der Waals surface area contributed by atoms with Crippen LogP contribution in [0.2, 0.25) is 0 Å². The molecule has 0 heterocycles. The number of hydrogen-bond donors (Lipinski definition) is 0. The zero-order chi connectivity index (χ0) is 31.8. The van der Waals surface area contributed by atoms with Gasteiger partial charge in [0.15, 0.2) is 34.5 Å². The topological polar surface area (TPSA) is 55.4 Å². The molecule has 0 unspecified atom stereocenters. The molecule has 254 valence electrons. The average Bonchev–Trinajstić information content (AvgIpc) is 3.20. The molecule has 6 nitrogen and oxygen atoms in total. The van der Waals surface area contributed by atoms with Crippen molar-refractivity contribution in [1.82, 2.24) is 0 Å². The molecule has 0 amide bonds. The number of methoxy groups -OCH3 is 6. The summed E-state index contributed by atoms with van der Waals surface area (Å²) in [7, 11) is 6.95. The van der Waals surface area contributed by atoms with Crippen LogP contribution < -0.4 is 86.4 Å². The monoisotopic (exact) mass is 754 g/mol. The summed E-state index contributed by atoms with van der Waals surface area (Å²) in [6.45, 7) is 15.4. The molecule has 0 aromatic heterocycles. The van der Waals surface area contributed by atoms with Gasteiger partial charge >= 0.3 is 21.7 Å².